The Morgan fingerprint density at radius 3 is 2.47 bits per heavy atom. The molecule has 168 valence electrons. The number of methoxy groups -OCH3 is 1. The molecule has 0 spiro atoms. The van der Waals surface area contributed by atoms with E-state index in [1.807, 2.05) is 72.8 Å². The molecule has 2 aromatic rings. The Morgan fingerprint density at radius 1 is 1.09 bits per heavy atom. The second kappa shape index (κ2) is 11.7. The predicted octanol–water partition coefficient (Wildman–Crippen LogP) is 3.55. The minimum Gasteiger partial charge on any atom is -0.467 e. The zero-order chi connectivity index (χ0) is 22.8. The number of benzene rings is 2. The highest BCUT2D eigenvalue weighted by Gasteiger charge is 2.36. The summed E-state index contributed by atoms with van der Waals surface area (Å²) in [5.41, 5.74) is 1.86. The summed E-state index contributed by atoms with van der Waals surface area (Å²) in [7, 11) is 1.28. The van der Waals surface area contributed by atoms with Gasteiger partial charge in [-0.2, -0.15) is 0 Å². The van der Waals surface area contributed by atoms with Crippen LogP contribution in [0.2, 0.25) is 0 Å². The summed E-state index contributed by atoms with van der Waals surface area (Å²) in [6.45, 7) is 0.572. The Balaban J connectivity index is 1.58. The van der Waals surface area contributed by atoms with Crippen LogP contribution in [0.3, 0.4) is 0 Å². The fourth-order valence-corrected chi connectivity index (χ4v) is 3.59. The van der Waals surface area contributed by atoms with Crippen molar-refractivity contribution in [1.29, 1.82) is 0 Å². The third kappa shape index (κ3) is 6.44. The van der Waals surface area contributed by atoms with Crippen LogP contribution >= 0.6 is 0 Å². The summed E-state index contributed by atoms with van der Waals surface area (Å²) in [4.78, 5) is 39.1. The SMILES string of the molecule is COC(=O)[C@@H](C/C=C/c1ccccc1)NC(=O)[C@H]1CCCN1C(=O)OCc1ccccc1. The highest BCUT2D eigenvalue weighted by Crippen LogP contribution is 2.19. The number of carbonyl (C=O) groups excluding carboxylic acids is 3. The lowest BCUT2D eigenvalue weighted by Gasteiger charge is -2.25. The lowest BCUT2D eigenvalue weighted by Crippen LogP contribution is -2.51. The van der Waals surface area contributed by atoms with Gasteiger partial charge in [0.2, 0.25) is 5.91 Å². The van der Waals surface area contributed by atoms with Gasteiger partial charge in [-0.05, 0) is 30.4 Å². The van der Waals surface area contributed by atoms with Crippen molar-refractivity contribution < 1.29 is 23.9 Å². The van der Waals surface area contributed by atoms with Gasteiger partial charge in [0.15, 0.2) is 0 Å². The van der Waals surface area contributed by atoms with Gasteiger partial charge < -0.3 is 14.8 Å². The Kier molecular flexibility index (Phi) is 8.43. The minimum absolute atomic E-state index is 0.138. The zero-order valence-corrected chi connectivity index (χ0v) is 18.1. The fraction of sp³-hybridized carbons (Fsp3) is 0.320. The molecule has 1 aliphatic rings. The number of esters is 1. The summed E-state index contributed by atoms with van der Waals surface area (Å²) in [5.74, 6) is -0.921. The summed E-state index contributed by atoms with van der Waals surface area (Å²) >= 11 is 0. The van der Waals surface area contributed by atoms with Crippen molar-refractivity contribution in [3.05, 3.63) is 77.9 Å². The summed E-state index contributed by atoms with van der Waals surface area (Å²) in [6.07, 6.45) is 4.64. The summed E-state index contributed by atoms with van der Waals surface area (Å²) < 4.78 is 10.2. The summed E-state index contributed by atoms with van der Waals surface area (Å²) in [6, 6.07) is 17.5. The molecule has 1 heterocycles. The number of likely N-dealkylation sites (tertiary alicyclic amines) is 1. The molecule has 0 bridgehead atoms. The van der Waals surface area contributed by atoms with E-state index in [2.05, 4.69) is 5.32 Å². The van der Waals surface area contributed by atoms with Crippen LogP contribution in [-0.4, -0.2) is 48.6 Å². The molecule has 32 heavy (non-hydrogen) atoms. The van der Waals surface area contributed by atoms with E-state index in [1.165, 1.54) is 12.0 Å². The third-order valence-corrected chi connectivity index (χ3v) is 5.28. The van der Waals surface area contributed by atoms with Crippen molar-refractivity contribution in [1.82, 2.24) is 10.2 Å². The van der Waals surface area contributed by atoms with Gasteiger partial charge in [0.05, 0.1) is 7.11 Å². The molecule has 0 aliphatic carbocycles. The number of nitrogens with one attached hydrogen (secondary N) is 1. The van der Waals surface area contributed by atoms with E-state index in [0.29, 0.717) is 19.4 Å². The molecule has 1 saturated heterocycles. The van der Waals surface area contributed by atoms with Crippen molar-refractivity contribution in [2.45, 2.75) is 38.0 Å². The van der Waals surface area contributed by atoms with Crippen LogP contribution in [0.5, 0.6) is 0 Å². The average Bonchev–Trinajstić information content (AvgIpc) is 3.33. The van der Waals surface area contributed by atoms with E-state index in [4.69, 9.17) is 9.47 Å². The van der Waals surface area contributed by atoms with Crippen molar-refractivity contribution >= 4 is 24.0 Å². The monoisotopic (exact) mass is 436 g/mol. The summed E-state index contributed by atoms with van der Waals surface area (Å²) in [5, 5.41) is 2.74. The molecule has 0 unspecified atom stereocenters. The van der Waals surface area contributed by atoms with E-state index in [0.717, 1.165) is 11.1 Å². The normalized spacial score (nSPS) is 16.5. The highest BCUT2D eigenvalue weighted by atomic mass is 16.6. The Bertz CT molecular complexity index is 930. The molecule has 2 amide bonds. The molecule has 7 heteroatoms. The molecule has 2 aromatic carbocycles. The molecule has 0 aromatic heterocycles. The molecule has 7 nitrogen and oxygen atoms in total. The largest absolute Gasteiger partial charge is 0.467 e. The number of hydrogen-bond donors (Lipinski definition) is 1. The molecule has 1 fully saturated rings. The Morgan fingerprint density at radius 2 is 1.78 bits per heavy atom. The van der Waals surface area contributed by atoms with Crippen molar-refractivity contribution in [3.63, 3.8) is 0 Å². The first kappa shape index (κ1) is 23.1. The molecular weight excluding hydrogens is 408 g/mol. The van der Waals surface area contributed by atoms with Gasteiger partial charge in [-0.1, -0.05) is 72.8 Å². The van der Waals surface area contributed by atoms with E-state index in [1.54, 1.807) is 0 Å². The van der Waals surface area contributed by atoms with Crippen LogP contribution in [-0.2, 0) is 25.7 Å². The second-order valence-corrected chi connectivity index (χ2v) is 7.52. The maximum atomic E-state index is 12.9. The first-order chi connectivity index (χ1) is 15.6. The van der Waals surface area contributed by atoms with Crippen molar-refractivity contribution in [3.8, 4) is 0 Å². The minimum atomic E-state index is -0.838. The second-order valence-electron chi connectivity index (χ2n) is 7.52. The van der Waals surface area contributed by atoms with Gasteiger partial charge in [0.1, 0.15) is 18.7 Å². The van der Waals surface area contributed by atoms with Gasteiger partial charge in [0, 0.05) is 6.54 Å². The molecule has 0 saturated carbocycles. The number of rotatable bonds is 8. The van der Waals surface area contributed by atoms with Crippen LogP contribution in [0.4, 0.5) is 4.79 Å². The van der Waals surface area contributed by atoms with E-state index in [-0.39, 0.29) is 18.9 Å². The van der Waals surface area contributed by atoms with Gasteiger partial charge in [0.25, 0.3) is 0 Å². The highest BCUT2D eigenvalue weighted by molar-refractivity contribution is 5.90. The quantitative estimate of drug-likeness (QED) is 0.640. The van der Waals surface area contributed by atoms with Crippen LogP contribution in [0, 0.1) is 0 Å². The number of nitrogens with zero attached hydrogens (tertiary/aromatic N) is 1. The van der Waals surface area contributed by atoms with Crippen LogP contribution in [0.1, 0.15) is 30.4 Å². The zero-order valence-electron chi connectivity index (χ0n) is 18.1. The maximum Gasteiger partial charge on any atom is 0.410 e. The van der Waals surface area contributed by atoms with Gasteiger partial charge in [-0.25, -0.2) is 9.59 Å². The molecule has 2 atom stereocenters. The topological polar surface area (TPSA) is 84.9 Å². The molecule has 3 rings (SSSR count). The fourth-order valence-electron chi connectivity index (χ4n) is 3.59. The van der Waals surface area contributed by atoms with Crippen LogP contribution in [0.15, 0.2) is 66.7 Å². The van der Waals surface area contributed by atoms with Crippen LogP contribution in [0.25, 0.3) is 6.08 Å². The molecular formula is C25H28N2O5. The Hall–Kier alpha value is -3.61. The lowest BCUT2D eigenvalue weighted by atomic mass is 10.1. The average molecular weight is 437 g/mol. The first-order valence-electron chi connectivity index (χ1n) is 10.7. The van der Waals surface area contributed by atoms with Gasteiger partial charge >= 0.3 is 12.1 Å². The number of carbonyl (C=O) groups is 3. The van der Waals surface area contributed by atoms with Gasteiger partial charge in [-0.3, -0.25) is 9.69 Å². The van der Waals surface area contributed by atoms with Crippen LogP contribution < -0.4 is 5.32 Å². The third-order valence-electron chi connectivity index (χ3n) is 5.28. The smallest absolute Gasteiger partial charge is 0.410 e. The predicted molar refractivity (Wildman–Crippen MR) is 120 cm³/mol. The number of amides is 2. The van der Waals surface area contributed by atoms with E-state index in [9.17, 15) is 14.4 Å². The standard InChI is InChI=1S/C25H28N2O5/c1-31-24(29)21(15-8-14-19-10-4-2-5-11-19)26-23(28)22-16-9-17-27(22)25(30)32-18-20-12-6-3-7-13-20/h2-8,10-14,21-22H,9,15-18H2,1H3,(H,26,28)/b14-8+/t21-,22-/m1/s1. The Labute approximate surface area is 188 Å². The first-order valence-corrected chi connectivity index (χ1v) is 10.7. The van der Waals surface area contributed by atoms with Crippen molar-refractivity contribution in [2.24, 2.45) is 0 Å². The van der Waals surface area contributed by atoms with E-state index >= 15 is 0 Å². The number of ether oxygens (including phenoxy) is 2. The molecule has 0 radical (unpaired) electrons. The van der Waals surface area contributed by atoms with Crippen molar-refractivity contribution in [2.75, 3.05) is 13.7 Å². The molecule has 1 N–H and O–H groups in total. The number of hydrogen-bond acceptors (Lipinski definition) is 5. The van der Waals surface area contributed by atoms with Gasteiger partial charge in [-0.15, -0.1) is 0 Å². The molecule has 1 aliphatic heterocycles. The van der Waals surface area contributed by atoms with E-state index < -0.39 is 24.1 Å². The maximum absolute atomic E-state index is 12.9. The lowest BCUT2D eigenvalue weighted by molar-refractivity contribution is -0.145.